The fourth-order valence-corrected chi connectivity index (χ4v) is 4.05. The van der Waals surface area contributed by atoms with Crippen LogP contribution in [0.2, 0.25) is 0 Å². The van der Waals surface area contributed by atoms with Gasteiger partial charge in [-0.25, -0.2) is 9.97 Å². The first-order valence-corrected chi connectivity index (χ1v) is 10.8. The van der Waals surface area contributed by atoms with Gasteiger partial charge in [0, 0.05) is 22.3 Å². The Labute approximate surface area is 198 Å². The number of aromatic amines is 2. The molecule has 6 aromatic rings. The summed E-state index contributed by atoms with van der Waals surface area (Å²) in [6, 6.07) is 22.5. The lowest BCUT2D eigenvalue weighted by Crippen LogP contribution is -2.10. The first kappa shape index (κ1) is 20.4. The van der Waals surface area contributed by atoms with Gasteiger partial charge in [0.2, 0.25) is 0 Å². The summed E-state index contributed by atoms with van der Waals surface area (Å²) < 4.78 is 6.13. The van der Waals surface area contributed by atoms with Crippen molar-refractivity contribution in [1.82, 2.24) is 19.9 Å². The molecule has 0 aliphatic carbocycles. The van der Waals surface area contributed by atoms with E-state index in [-0.39, 0.29) is 11.7 Å². The lowest BCUT2D eigenvalue weighted by Gasteiger charge is -2.01. The number of nitrogen functional groups attached to an aromatic ring is 2. The maximum atomic E-state index is 7.64. The Balaban J connectivity index is 1.33. The van der Waals surface area contributed by atoms with Crippen LogP contribution in [0.3, 0.4) is 0 Å². The molecule has 9 heteroatoms. The van der Waals surface area contributed by atoms with Crippen LogP contribution >= 0.6 is 0 Å². The van der Waals surface area contributed by atoms with Gasteiger partial charge in [-0.1, -0.05) is 18.2 Å². The SMILES string of the molecule is N=C(N)c1ccc2nc(-c3cccc(-c4ccc(-c5nc6ccc(C(=N)N)cc6[nH]5)o4)c3)[nH]c2c1. The molecule has 0 saturated carbocycles. The molecule has 0 saturated heterocycles. The first-order chi connectivity index (χ1) is 16.9. The van der Waals surface area contributed by atoms with Crippen molar-refractivity contribution in [1.29, 1.82) is 10.8 Å². The zero-order valence-electron chi connectivity index (χ0n) is 18.4. The molecule has 0 aliphatic rings. The summed E-state index contributed by atoms with van der Waals surface area (Å²) in [6.45, 7) is 0. The molecule has 0 radical (unpaired) electrons. The third-order valence-electron chi connectivity index (χ3n) is 5.85. The van der Waals surface area contributed by atoms with E-state index in [1.54, 1.807) is 18.2 Å². The summed E-state index contributed by atoms with van der Waals surface area (Å²) in [5.74, 6) is 2.64. The highest BCUT2D eigenvalue weighted by molar-refractivity contribution is 5.99. The monoisotopic (exact) mass is 460 g/mol. The molecule has 9 nitrogen and oxygen atoms in total. The Bertz CT molecular complexity index is 1770. The van der Waals surface area contributed by atoms with E-state index in [1.165, 1.54) is 0 Å². The third-order valence-corrected chi connectivity index (χ3v) is 5.85. The molecule has 0 fully saturated rings. The van der Waals surface area contributed by atoms with Crippen molar-refractivity contribution >= 4 is 33.7 Å². The molecule has 0 bridgehead atoms. The predicted molar refractivity (Wildman–Crippen MR) is 136 cm³/mol. The molecule has 170 valence electrons. The van der Waals surface area contributed by atoms with Gasteiger partial charge < -0.3 is 25.9 Å². The standard InChI is InChI=1S/C26H20N8O/c27-23(28)14-4-6-17-19(11-14)33-25(31-17)16-3-1-2-13(10-16)21-8-9-22(35-21)26-32-18-7-5-15(24(29)30)12-20(18)34-26/h1-12H,(H3,27,28)(H3,29,30)(H,31,33)(H,32,34). The summed E-state index contributed by atoms with van der Waals surface area (Å²) in [7, 11) is 0. The van der Waals surface area contributed by atoms with Gasteiger partial charge >= 0.3 is 0 Å². The smallest absolute Gasteiger partial charge is 0.174 e. The number of nitrogens with one attached hydrogen (secondary N) is 4. The number of H-pyrrole nitrogens is 2. The van der Waals surface area contributed by atoms with Gasteiger partial charge in [0.05, 0.1) is 22.1 Å². The molecule has 3 heterocycles. The number of fused-ring (bicyclic) bond motifs is 2. The van der Waals surface area contributed by atoms with Crippen LogP contribution in [0.1, 0.15) is 11.1 Å². The van der Waals surface area contributed by atoms with E-state index in [0.717, 1.165) is 33.2 Å². The summed E-state index contributed by atoms with van der Waals surface area (Å²) in [4.78, 5) is 15.8. The van der Waals surface area contributed by atoms with E-state index in [1.807, 2.05) is 54.6 Å². The quantitative estimate of drug-likeness (QED) is 0.163. The van der Waals surface area contributed by atoms with Gasteiger partial charge in [-0.05, 0) is 54.6 Å². The number of hydrogen-bond acceptors (Lipinski definition) is 5. The van der Waals surface area contributed by atoms with Gasteiger partial charge in [0.25, 0.3) is 0 Å². The minimum absolute atomic E-state index is 0.00645. The van der Waals surface area contributed by atoms with Crippen LogP contribution in [0.5, 0.6) is 0 Å². The van der Waals surface area contributed by atoms with Crippen LogP contribution in [0.15, 0.2) is 77.2 Å². The fourth-order valence-electron chi connectivity index (χ4n) is 4.05. The highest BCUT2D eigenvalue weighted by atomic mass is 16.3. The van der Waals surface area contributed by atoms with Gasteiger partial charge in [-0.3, -0.25) is 10.8 Å². The fraction of sp³-hybridized carbons (Fsp3) is 0. The molecule has 3 aromatic carbocycles. The van der Waals surface area contributed by atoms with Gasteiger partial charge in [0.15, 0.2) is 11.6 Å². The van der Waals surface area contributed by atoms with Crippen molar-refractivity contribution < 1.29 is 4.42 Å². The number of imidazole rings is 2. The minimum Gasteiger partial charge on any atom is -0.453 e. The molecule has 0 atom stereocenters. The largest absolute Gasteiger partial charge is 0.453 e. The Hall–Kier alpha value is -5.18. The number of hydrogen-bond donors (Lipinski definition) is 6. The van der Waals surface area contributed by atoms with Crippen LogP contribution in [0.25, 0.3) is 56.4 Å². The topological polar surface area (TPSA) is 170 Å². The number of aromatic nitrogens is 4. The first-order valence-electron chi connectivity index (χ1n) is 10.8. The summed E-state index contributed by atoms with van der Waals surface area (Å²) in [5, 5.41) is 15.3. The van der Waals surface area contributed by atoms with Gasteiger partial charge in [-0.15, -0.1) is 0 Å². The van der Waals surface area contributed by atoms with Crippen LogP contribution < -0.4 is 11.5 Å². The highest BCUT2D eigenvalue weighted by Gasteiger charge is 2.13. The predicted octanol–water partition coefficient (Wildman–Crippen LogP) is 4.60. The summed E-state index contributed by atoms with van der Waals surface area (Å²) >= 11 is 0. The molecule has 8 N–H and O–H groups in total. The maximum absolute atomic E-state index is 7.64. The highest BCUT2D eigenvalue weighted by Crippen LogP contribution is 2.31. The molecule has 35 heavy (non-hydrogen) atoms. The van der Waals surface area contributed by atoms with E-state index < -0.39 is 0 Å². The van der Waals surface area contributed by atoms with Crippen LogP contribution in [-0.4, -0.2) is 31.6 Å². The summed E-state index contributed by atoms with van der Waals surface area (Å²) in [6.07, 6.45) is 0. The lowest BCUT2D eigenvalue weighted by molar-refractivity contribution is 0.593. The Kier molecular flexibility index (Phi) is 4.49. The zero-order valence-corrected chi connectivity index (χ0v) is 18.4. The number of rotatable bonds is 5. The Morgan fingerprint density at radius 1 is 0.657 bits per heavy atom. The second-order valence-electron chi connectivity index (χ2n) is 8.21. The zero-order chi connectivity index (χ0) is 24.1. The molecule has 6 rings (SSSR count). The van der Waals surface area contributed by atoms with E-state index >= 15 is 0 Å². The number of nitrogens with zero attached hydrogens (tertiary/aromatic N) is 2. The van der Waals surface area contributed by atoms with Gasteiger partial charge in [0.1, 0.15) is 23.3 Å². The lowest BCUT2D eigenvalue weighted by atomic mass is 10.1. The molecule has 0 amide bonds. The second kappa shape index (κ2) is 7.70. The van der Waals surface area contributed by atoms with E-state index in [9.17, 15) is 0 Å². The number of furan rings is 1. The second-order valence-corrected chi connectivity index (χ2v) is 8.21. The average molecular weight is 461 g/mol. The average Bonchev–Trinajstić information content (AvgIpc) is 3.60. The molecule has 3 aromatic heterocycles. The molecule has 0 spiro atoms. The number of amidine groups is 2. The van der Waals surface area contributed by atoms with Gasteiger partial charge in [-0.2, -0.15) is 0 Å². The summed E-state index contributed by atoms with van der Waals surface area (Å²) in [5.41, 5.74) is 17.4. The van der Waals surface area contributed by atoms with E-state index in [2.05, 4.69) is 19.9 Å². The van der Waals surface area contributed by atoms with Crippen molar-refractivity contribution in [3.05, 3.63) is 83.9 Å². The minimum atomic E-state index is 0.00645. The molecular weight excluding hydrogens is 440 g/mol. The van der Waals surface area contributed by atoms with E-state index in [4.69, 9.17) is 26.7 Å². The maximum Gasteiger partial charge on any atom is 0.174 e. The van der Waals surface area contributed by atoms with Crippen LogP contribution in [0, 0.1) is 10.8 Å². The van der Waals surface area contributed by atoms with Crippen molar-refractivity contribution in [2.45, 2.75) is 0 Å². The van der Waals surface area contributed by atoms with Crippen molar-refractivity contribution in [3.8, 4) is 34.3 Å². The van der Waals surface area contributed by atoms with E-state index in [0.29, 0.717) is 34.3 Å². The number of benzene rings is 3. The van der Waals surface area contributed by atoms with Crippen LogP contribution in [-0.2, 0) is 0 Å². The van der Waals surface area contributed by atoms with Crippen molar-refractivity contribution in [3.63, 3.8) is 0 Å². The Morgan fingerprint density at radius 3 is 1.89 bits per heavy atom. The normalized spacial score (nSPS) is 11.3. The Morgan fingerprint density at radius 2 is 1.23 bits per heavy atom. The van der Waals surface area contributed by atoms with Crippen LogP contribution in [0.4, 0.5) is 0 Å². The molecule has 0 unspecified atom stereocenters. The third kappa shape index (κ3) is 3.61. The molecular formula is C26H20N8O. The van der Waals surface area contributed by atoms with Crippen molar-refractivity contribution in [2.75, 3.05) is 0 Å². The number of nitrogens with two attached hydrogens (primary N) is 2. The molecule has 0 aliphatic heterocycles. The van der Waals surface area contributed by atoms with Crippen molar-refractivity contribution in [2.24, 2.45) is 11.5 Å².